The number of aryl methyl sites for hydroxylation is 1. The molecule has 0 unspecified atom stereocenters. The molecule has 1 aromatic rings. The van der Waals surface area contributed by atoms with Crippen LogP contribution < -0.4 is 10.6 Å². The highest BCUT2D eigenvalue weighted by Crippen LogP contribution is 2.16. The van der Waals surface area contributed by atoms with E-state index in [9.17, 15) is 9.59 Å². The minimum atomic E-state index is -0.999. The Bertz CT molecular complexity index is 431. The summed E-state index contributed by atoms with van der Waals surface area (Å²) in [6, 6.07) is 2.76. The largest absolute Gasteiger partial charge is 0.480 e. The molecular weight excluding hydrogens is 264 g/mol. The minimum Gasteiger partial charge on any atom is -0.480 e. The summed E-state index contributed by atoms with van der Waals surface area (Å²) in [5.74, 6) is -0.999. The van der Waals surface area contributed by atoms with Gasteiger partial charge in [0.1, 0.15) is 6.04 Å². The standard InChI is InChI=1S/C13H20N2O3S/c1-3-5-11(12(16)17)15-13(18)14-8-10-7-6-9(4-2)19-10/h6-7,11H,3-5,8H2,1-2H3,(H,16,17)(H2,14,15,18)/t11-/m1/s1. The maximum absolute atomic E-state index is 11.6. The van der Waals surface area contributed by atoms with Gasteiger partial charge in [-0.2, -0.15) is 0 Å². The second-order valence-corrected chi connectivity index (χ2v) is 5.48. The van der Waals surface area contributed by atoms with Gasteiger partial charge in [0.25, 0.3) is 0 Å². The van der Waals surface area contributed by atoms with Crippen LogP contribution in [-0.2, 0) is 17.8 Å². The predicted octanol–water partition coefficient (Wildman–Crippen LogP) is 2.36. The zero-order valence-corrected chi connectivity index (χ0v) is 12.0. The Labute approximate surface area is 117 Å². The fourth-order valence-corrected chi connectivity index (χ4v) is 2.53. The Balaban J connectivity index is 2.40. The molecule has 0 bridgehead atoms. The lowest BCUT2D eigenvalue weighted by Gasteiger charge is -2.13. The molecule has 0 spiro atoms. The van der Waals surface area contributed by atoms with Crippen molar-refractivity contribution in [3.63, 3.8) is 0 Å². The molecule has 0 saturated heterocycles. The van der Waals surface area contributed by atoms with Crippen molar-refractivity contribution in [1.82, 2.24) is 10.6 Å². The zero-order chi connectivity index (χ0) is 14.3. The van der Waals surface area contributed by atoms with Crippen molar-refractivity contribution in [3.05, 3.63) is 21.9 Å². The smallest absolute Gasteiger partial charge is 0.326 e. The van der Waals surface area contributed by atoms with Crippen LogP contribution in [0.4, 0.5) is 4.79 Å². The molecule has 0 aliphatic rings. The molecule has 106 valence electrons. The maximum atomic E-state index is 11.6. The predicted molar refractivity (Wildman–Crippen MR) is 75.4 cm³/mol. The van der Waals surface area contributed by atoms with E-state index in [-0.39, 0.29) is 0 Å². The van der Waals surface area contributed by atoms with Crippen molar-refractivity contribution in [1.29, 1.82) is 0 Å². The number of nitrogens with one attached hydrogen (secondary N) is 2. The Morgan fingerprint density at radius 3 is 2.53 bits per heavy atom. The lowest BCUT2D eigenvalue weighted by Crippen LogP contribution is -2.45. The van der Waals surface area contributed by atoms with Crippen molar-refractivity contribution < 1.29 is 14.7 Å². The summed E-state index contributed by atoms with van der Waals surface area (Å²) < 4.78 is 0. The van der Waals surface area contributed by atoms with Gasteiger partial charge in [-0.25, -0.2) is 9.59 Å². The van der Waals surface area contributed by atoms with Crippen LogP contribution in [0.5, 0.6) is 0 Å². The second kappa shape index (κ2) is 7.78. The first-order valence-corrected chi connectivity index (χ1v) is 7.23. The summed E-state index contributed by atoms with van der Waals surface area (Å²) in [6.07, 6.45) is 2.12. The van der Waals surface area contributed by atoms with Crippen LogP contribution in [0, 0.1) is 0 Å². The molecule has 0 aliphatic heterocycles. The first-order valence-electron chi connectivity index (χ1n) is 6.41. The van der Waals surface area contributed by atoms with Crippen LogP contribution in [0.25, 0.3) is 0 Å². The fourth-order valence-electron chi connectivity index (χ4n) is 1.63. The van der Waals surface area contributed by atoms with E-state index in [1.54, 1.807) is 11.3 Å². The van der Waals surface area contributed by atoms with Crippen LogP contribution in [0.2, 0.25) is 0 Å². The summed E-state index contributed by atoms with van der Waals surface area (Å²) >= 11 is 1.65. The highest BCUT2D eigenvalue weighted by Gasteiger charge is 2.18. The van der Waals surface area contributed by atoms with E-state index < -0.39 is 18.0 Å². The number of carboxylic acids is 1. The number of amides is 2. The van der Waals surface area contributed by atoms with E-state index in [2.05, 4.69) is 17.6 Å². The Morgan fingerprint density at radius 2 is 2.00 bits per heavy atom. The number of carbonyl (C=O) groups is 2. The summed E-state index contributed by atoms with van der Waals surface area (Å²) in [7, 11) is 0. The third-order valence-electron chi connectivity index (χ3n) is 2.67. The summed E-state index contributed by atoms with van der Waals surface area (Å²) in [4.78, 5) is 24.8. The van der Waals surface area contributed by atoms with E-state index in [1.807, 2.05) is 19.1 Å². The molecule has 1 atom stereocenters. The molecule has 1 heterocycles. The fraction of sp³-hybridized carbons (Fsp3) is 0.538. The SMILES string of the molecule is CCC[C@@H](NC(=O)NCc1ccc(CC)s1)C(=O)O. The molecule has 6 heteroatoms. The van der Waals surface area contributed by atoms with E-state index >= 15 is 0 Å². The van der Waals surface area contributed by atoms with Crippen molar-refractivity contribution in [2.24, 2.45) is 0 Å². The van der Waals surface area contributed by atoms with Gasteiger partial charge < -0.3 is 15.7 Å². The monoisotopic (exact) mass is 284 g/mol. The number of carbonyl (C=O) groups excluding carboxylic acids is 1. The molecule has 0 fully saturated rings. The number of thiophene rings is 1. The first kappa shape index (κ1) is 15.5. The van der Waals surface area contributed by atoms with Crippen LogP contribution in [0.15, 0.2) is 12.1 Å². The summed E-state index contributed by atoms with van der Waals surface area (Å²) in [6.45, 7) is 4.39. The molecule has 0 aliphatic carbocycles. The molecule has 0 radical (unpaired) electrons. The highest BCUT2D eigenvalue weighted by molar-refractivity contribution is 7.11. The van der Waals surface area contributed by atoms with Crippen molar-refractivity contribution >= 4 is 23.3 Å². The molecular formula is C13H20N2O3S. The van der Waals surface area contributed by atoms with Gasteiger partial charge >= 0.3 is 12.0 Å². The van der Waals surface area contributed by atoms with Crippen LogP contribution in [0.1, 0.15) is 36.4 Å². The Hall–Kier alpha value is -1.56. The molecule has 2 amide bonds. The molecule has 5 nitrogen and oxygen atoms in total. The van der Waals surface area contributed by atoms with Gasteiger partial charge in [0.15, 0.2) is 0 Å². The summed E-state index contributed by atoms with van der Waals surface area (Å²) in [5, 5.41) is 14.1. The summed E-state index contributed by atoms with van der Waals surface area (Å²) in [5.41, 5.74) is 0. The lowest BCUT2D eigenvalue weighted by molar-refractivity contribution is -0.139. The number of aliphatic carboxylic acids is 1. The van der Waals surface area contributed by atoms with Crippen molar-refractivity contribution in [3.8, 4) is 0 Å². The average molecular weight is 284 g/mol. The maximum Gasteiger partial charge on any atom is 0.326 e. The van der Waals surface area contributed by atoms with Gasteiger partial charge in [-0.3, -0.25) is 0 Å². The van der Waals surface area contributed by atoms with E-state index in [0.717, 1.165) is 11.3 Å². The third kappa shape index (κ3) is 5.30. The third-order valence-corrected chi connectivity index (χ3v) is 3.90. The minimum absolute atomic E-state index is 0.426. The van der Waals surface area contributed by atoms with Gasteiger partial charge in [-0.1, -0.05) is 20.3 Å². The first-order chi connectivity index (χ1) is 9.06. The van der Waals surface area contributed by atoms with Crippen LogP contribution in [0.3, 0.4) is 0 Å². The van der Waals surface area contributed by atoms with Gasteiger partial charge in [-0.15, -0.1) is 11.3 Å². The topological polar surface area (TPSA) is 78.4 Å². The van der Waals surface area contributed by atoms with Gasteiger partial charge in [0.2, 0.25) is 0 Å². The zero-order valence-electron chi connectivity index (χ0n) is 11.2. The normalized spacial score (nSPS) is 11.9. The number of carboxylic acid groups (broad SMARTS) is 1. The van der Waals surface area contributed by atoms with E-state index in [4.69, 9.17) is 5.11 Å². The van der Waals surface area contributed by atoms with Crippen LogP contribution >= 0.6 is 11.3 Å². The highest BCUT2D eigenvalue weighted by atomic mass is 32.1. The molecule has 1 aromatic heterocycles. The van der Waals surface area contributed by atoms with Gasteiger partial charge in [-0.05, 0) is 25.0 Å². The van der Waals surface area contributed by atoms with E-state index in [0.29, 0.717) is 19.4 Å². The van der Waals surface area contributed by atoms with Crippen molar-refractivity contribution in [2.75, 3.05) is 0 Å². The van der Waals surface area contributed by atoms with Crippen molar-refractivity contribution in [2.45, 2.75) is 45.7 Å². The molecule has 3 N–H and O–H groups in total. The molecule has 0 saturated carbocycles. The number of urea groups is 1. The average Bonchev–Trinajstić information content (AvgIpc) is 2.83. The molecule has 1 rings (SSSR count). The lowest BCUT2D eigenvalue weighted by atomic mass is 10.2. The number of hydrogen-bond donors (Lipinski definition) is 3. The van der Waals surface area contributed by atoms with Gasteiger partial charge in [0.05, 0.1) is 6.54 Å². The molecule has 0 aromatic carbocycles. The second-order valence-electron chi connectivity index (χ2n) is 4.23. The number of rotatable bonds is 7. The Morgan fingerprint density at radius 1 is 1.32 bits per heavy atom. The van der Waals surface area contributed by atoms with E-state index in [1.165, 1.54) is 4.88 Å². The number of hydrogen-bond acceptors (Lipinski definition) is 3. The quantitative estimate of drug-likeness (QED) is 0.719. The Kier molecular flexibility index (Phi) is 6.35. The van der Waals surface area contributed by atoms with Crippen LogP contribution in [-0.4, -0.2) is 23.1 Å². The molecule has 19 heavy (non-hydrogen) atoms. The van der Waals surface area contributed by atoms with Gasteiger partial charge in [0, 0.05) is 9.75 Å².